The fourth-order valence-electron chi connectivity index (χ4n) is 2.55. The van der Waals surface area contributed by atoms with Gasteiger partial charge in [0.1, 0.15) is 23.9 Å². The Bertz CT molecular complexity index is 1130. The number of hydrogen-bond donors (Lipinski definition) is 3. The van der Waals surface area contributed by atoms with Crippen LogP contribution in [0.15, 0.2) is 34.7 Å². The van der Waals surface area contributed by atoms with Gasteiger partial charge in [-0.2, -0.15) is 17.6 Å². The highest BCUT2D eigenvalue weighted by molar-refractivity contribution is 7.85. The third-order valence-corrected chi connectivity index (χ3v) is 5.50. The maximum Gasteiger partial charge on any atom is 0.425 e. The van der Waals surface area contributed by atoms with Crippen molar-refractivity contribution >= 4 is 45.9 Å². The Morgan fingerprint density at radius 3 is 2.61 bits per heavy atom. The minimum Gasteiger partial charge on any atom is -0.480 e. The van der Waals surface area contributed by atoms with Crippen LogP contribution in [-0.4, -0.2) is 39.9 Å². The van der Waals surface area contributed by atoms with Gasteiger partial charge in [-0.05, 0) is 25.1 Å². The van der Waals surface area contributed by atoms with Gasteiger partial charge in [-0.25, -0.2) is 13.0 Å². The number of nitrogens with one attached hydrogen (secondary N) is 2. The van der Waals surface area contributed by atoms with Crippen LogP contribution < -0.4 is 19.9 Å². The lowest BCUT2D eigenvalue weighted by atomic mass is 10.1. The van der Waals surface area contributed by atoms with Gasteiger partial charge in [-0.1, -0.05) is 17.7 Å². The molecule has 1 aliphatic heterocycles. The lowest BCUT2D eigenvalue weighted by Crippen LogP contribution is -2.38. The number of carbonyl (C=O) groups is 1. The van der Waals surface area contributed by atoms with Gasteiger partial charge in [0.05, 0.1) is 16.3 Å². The first-order chi connectivity index (χ1) is 15.4. The number of amides is 1. The van der Waals surface area contributed by atoms with E-state index in [9.17, 15) is 31.0 Å². The summed E-state index contributed by atoms with van der Waals surface area (Å²) in [5.74, 6) is -4.32. The molecule has 1 amide bonds. The molecule has 178 valence electrons. The van der Waals surface area contributed by atoms with Gasteiger partial charge >= 0.3 is 6.18 Å². The molecule has 0 aliphatic carbocycles. The van der Waals surface area contributed by atoms with Crippen LogP contribution in [0.25, 0.3) is 0 Å². The van der Waals surface area contributed by atoms with Crippen LogP contribution in [0.3, 0.4) is 0 Å². The highest BCUT2D eigenvalue weighted by Gasteiger charge is 2.39. The summed E-state index contributed by atoms with van der Waals surface area (Å²) in [4.78, 5) is 12.7. The number of hydrazine groups is 1. The quantitative estimate of drug-likeness (QED) is 0.514. The number of aliphatic hydroxyl groups excluding tert-OH is 1. The lowest BCUT2D eigenvalue weighted by molar-refractivity contribution is -0.189. The van der Waals surface area contributed by atoms with E-state index in [-0.39, 0.29) is 10.9 Å². The average Bonchev–Trinajstić information content (AvgIpc) is 3.11. The van der Waals surface area contributed by atoms with E-state index in [1.54, 1.807) is 0 Å². The van der Waals surface area contributed by atoms with Crippen molar-refractivity contribution in [3.05, 3.63) is 52.6 Å². The third kappa shape index (κ3) is 5.34. The van der Waals surface area contributed by atoms with Crippen molar-refractivity contribution in [2.24, 2.45) is 4.40 Å². The zero-order valence-electron chi connectivity index (χ0n) is 16.4. The van der Waals surface area contributed by atoms with Crippen molar-refractivity contribution in [1.29, 1.82) is 0 Å². The number of aliphatic hydroxyl groups is 1. The molecule has 33 heavy (non-hydrogen) atoms. The number of hydrogen-bond acceptors (Lipinski definition) is 5. The molecule has 0 saturated heterocycles. The maximum atomic E-state index is 14.8. The van der Waals surface area contributed by atoms with E-state index < -0.39 is 70.3 Å². The number of amidine groups is 1. The van der Waals surface area contributed by atoms with Gasteiger partial charge in [0, 0.05) is 6.07 Å². The Morgan fingerprint density at radius 1 is 1.33 bits per heavy atom. The molecule has 0 radical (unpaired) electrons. The van der Waals surface area contributed by atoms with Gasteiger partial charge < -0.3 is 15.2 Å². The van der Waals surface area contributed by atoms with E-state index in [4.69, 9.17) is 21.4 Å². The molecule has 1 unspecified atom stereocenters. The Kier molecular flexibility index (Phi) is 7.09. The van der Waals surface area contributed by atoms with E-state index in [0.717, 1.165) is 6.07 Å². The number of carbonyl (C=O) groups excluding carboxylic acids is 1. The first-order valence-electron chi connectivity index (χ1n) is 8.92. The molecule has 15 heteroatoms. The zero-order valence-corrected chi connectivity index (χ0v) is 18.0. The lowest BCUT2D eigenvalue weighted by Gasteiger charge is -2.22. The smallest absolute Gasteiger partial charge is 0.425 e. The highest BCUT2D eigenvalue weighted by Crippen LogP contribution is 2.34. The van der Waals surface area contributed by atoms with Crippen LogP contribution in [0.5, 0.6) is 5.75 Å². The Morgan fingerprint density at radius 2 is 2.03 bits per heavy atom. The highest BCUT2D eigenvalue weighted by atomic mass is 35.5. The molecular weight excluding hydrogens is 499 g/mol. The summed E-state index contributed by atoms with van der Waals surface area (Å²) in [5, 5.41) is 10.9. The number of halogens is 6. The van der Waals surface area contributed by atoms with Crippen LogP contribution in [-0.2, 0) is 11.2 Å². The largest absolute Gasteiger partial charge is 0.480 e. The molecule has 1 heterocycles. The van der Waals surface area contributed by atoms with E-state index in [2.05, 4.69) is 15.1 Å². The number of alkyl halides is 3. The van der Waals surface area contributed by atoms with Crippen LogP contribution in [0.2, 0.25) is 5.02 Å². The number of anilines is 2. The van der Waals surface area contributed by atoms with Gasteiger partial charge in [0.25, 0.3) is 17.1 Å². The van der Waals surface area contributed by atoms with Gasteiger partial charge in [0.2, 0.25) is 0 Å². The fraction of sp³-hybridized carbons (Fsp3) is 0.222. The van der Waals surface area contributed by atoms with Crippen LogP contribution in [0.1, 0.15) is 17.3 Å². The summed E-state index contributed by atoms with van der Waals surface area (Å²) in [5.41, 5.74) is 0.515. The van der Waals surface area contributed by atoms with Crippen LogP contribution in [0, 0.1) is 11.6 Å². The van der Waals surface area contributed by atoms with Crippen LogP contribution in [0.4, 0.5) is 33.3 Å². The van der Waals surface area contributed by atoms with E-state index in [1.165, 1.54) is 12.1 Å². The normalized spacial score (nSPS) is 16.8. The first kappa shape index (κ1) is 24.7. The zero-order chi connectivity index (χ0) is 24.5. The molecule has 0 aromatic heterocycles. The minimum absolute atomic E-state index is 0.199. The maximum absolute atomic E-state index is 14.8. The topological polar surface area (TPSA) is 103 Å². The molecule has 0 fully saturated rings. The van der Waals surface area contributed by atoms with Gasteiger partial charge in [-0.3, -0.25) is 10.2 Å². The van der Waals surface area contributed by atoms with Crippen molar-refractivity contribution in [2.45, 2.75) is 19.2 Å². The SMILES string of the molecule is C[C@H](Oc1cc(N2NC(CO)=NS2=O)c(F)cc1C(=O)Nc1c(F)cccc1Cl)C(F)(F)F. The second-order valence-electron chi connectivity index (χ2n) is 6.49. The summed E-state index contributed by atoms with van der Waals surface area (Å²) in [6.45, 7) is -0.0279. The molecule has 2 aromatic rings. The fourth-order valence-corrected chi connectivity index (χ4v) is 3.62. The predicted molar refractivity (Wildman–Crippen MR) is 110 cm³/mol. The van der Waals surface area contributed by atoms with Crippen molar-refractivity contribution in [3.63, 3.8) is 0 Å². The van der Waals surface area contributed by atoms with Crippen molar-refractivity contribution in [1.82, 2.24) is 5.43 Å². The standard InChI is InChI=1S/C18H14ClF5N4O4S/c1-8(18(22,23)24)32-14-6-13(28-26-15(7-29)27-33(28)31)12(21)5-9(14)17(30)25-16-10(19)3-2-4-11(16)20/h2-6,8,29H,7H2,1H3,(H,25,30)(H,26,27)/t8-,33?/m0/s1. The van der Waals surface area contributed by atoms with E-state index in [1.807, 2.05) is 0 Å². The Hall–Kier alpha value is -2.97. The summed E-state index contributed by atoms with van der Waals surface area (Å²) in [7, 11) is 0. The number of para-hydroxylation sites is 1. The molecule has 3 N–H and O–H groups in total. The summed E-state index contributed by atoms with van der Waals surface area (Å²) in [6.07, 6.45) is -7.28. The van der Waals surface area contributed by atoms with Crippen LogP contribution >= 0.6 is 11.6 Å². The van der Waals surface area contributed by atoms with Gasteiger partial charge in [-0.15, -0.1) is 4.40 Å². The number of nitrogens with zero attached hydrogens (tertiary/aromatic N) is 2. The number of benzene rings is 2. The molecule has 3 rings (SSSR count). The minimum atomic E-state index is -4.85. The van der Waals surface area contributed by atoms with Crippen molar-refractivity contribution in [2.75, 3.05) is 16.3 Å². The summed E-state index contributed by atoms with van der Waals surface area (Å²) >= 11 is 3.56. The van der Waals surface area contributed by atoms with Crippen molar-refractivity contribution in [3.8, 4) is 5.75 Å². The monoisotopic (exact) mass is 512 g/mol. The summed E-state index contributed by atoms with van der Waals surface area (Å²) < 4.78 is 89.1. The summed E-state index contributed by atoms with van der Waals surface area (Å²) in [6, 6.07) is 4.69. The van der Waals surface area contributed by atoms with E-state index in [0.29, 0.717) is 23.5 Å². The molecule has 2 atom stereocenters. The second kappa shape index (κ2) is 9.49. The molecular formula is C18H14ClF5N4O4S. The molecule has 2 aromatic carbocycles. The number of ether oxygens (including phenoxy) is 1. The Balaban J connectivity index is 2.04. The molecule has 0 bridgehead atoms. The Labute approximate surface area is 190 Å². The molecule has 1 aliphatic rings. The van der Waals surface area contributed by atoms with E-state index >= 15 is 0 Å². The average molecular weight is 513 g/mol. The first-order valence-corrected chi connectivity index (χ1v) is 10.4. The van der Waals surface area contributed by atoms with Crippen molar-refractivity contribution < 1.29 is 40.8 Å². The number of rotatable bonds is 6. The molecule has 0 saturated carbocycles. The molecule has 0 spiro atoms. The second-order valence-corrected chi connectivity index (χ2v) is 7.90. The molecule has 8 nitrogen and oxygen atoms in total. The predicted octanol–water partition coefficient (Wildman–Crippen LogP) is 3.49. The third-order valence-electron chi connectivity index (χ3n) is 4.20. The van der Waals surface area contributed by atoms with Gasteiger partial charge in [0.15, 0.2) is 17.8 Å².